The minimum Gasteiger partial charge on any atom is -0.490 e. The molecule has 4 heterocycles. The monoisotopic (exact) mass is 560 g/mol. The van der Waals surface area contributed by atoms with Crippen LogP contribution in [0.4, 0.5) is 21.7 Å². The van der Waals surface area contributed by atoms with Crippen LogP contribution < -0.4 is 10.2 Å². The Balaban J connectivity index is 1.07. The van der Waals surface area contributed by atoms with Crippen LogP contribution in [0.25, 0.3) is 5.57 Å². The van der Waals surface area contributed by atoms with E-state index in [9.17, 15) is 14.4 Å². The molecule has 11 nitrogen and oxygen atoms in total. The molecule has 1 aliphatic carbocycles. The largest absolute Gasteiger partial charge is 0.490 e. The standard InChI is InChI=1S/C29H33FN8O3/c30-25-15-36(19-39)8-7-27(25)41-26-6-1-20(13-21(26)14-31)28-32-18-33-29(35-28)34-22-2-4-23(5-3-22)37-9-11-38(12-10-37)24-16-40-17-24/h1-6,18-19,21,24-25,27H,7-13,15-17H2,(H,32,33,34,35)/t21?,25-,27+/m1/s1. The van der Waals surface area contributed by atoms with E-state index in [4.69, 9.17) is 9.47 Å². The highest BCUT2D eigenvalue weighted by Gasteiger charge is 2.33. The number of benzene rings is 1. The Labute approximate surface area is 238 Å². The van der Waals surface area contributed by atoms with Crippen molar-refractivity contribution < 1.29 is 18.7 Å². The molecule has 3 aliphatic heterocycles. The lowest BCUT2D eigenvalue weighted by atomic mass is 9.92. The number of hydrogen-bond donors (Lipinski definition) is 1. The van der Waals surface area contributed by atoms with Crippen molar-refractivity contribution in [1.29, 1.82) is 5.26 Å². The van der Waals surface area contributed by atoms with E-state index in [2.05, 4.69) is 48.3 Å². The summed E-state index contributed by atoms with van der Waals surface area (Å²) in [6.45, 7) is 6.21. The van der Waals surface area contributed by atoms with E-state index >= 15 is 0 Å². The van der Waals surface area contributed by atoms with Crippen LogP contribution in [0.1, 0.15) is 18.7 Å². The number of likely N-dealkylation sites (tertiary alicyclic amines) is 1. The van der Waals surface area contributed by atoms with Crippen LogP contribution in [0.15, 0.2) is 48.5 Å². The van der Waals surface area contributed by atoms with E-state index in [0.29, 0.717) is 49.4 Å². The maximum absolute atomic E-state index is 14.5. The number of piperidine rings is 1. The summed E-state index contributed by atoms with van der Waals surface area (Å²) in [5.74, 6) is 0.708. The molecule has 1 aromatic carbocycles. The highest BCUT2D eigenvalue weighted by atomic mass is 19.1. The van der Waals surface area contributed by atoms with Crippen molar-refractivity contribution in [3.63, 3.8) is 0 Å². The number of anilines is 3. The zero-order chi connectivity index (χ0) is 28.2. The molecule has 2 aromatic rings. The van der Waals surface area contributed by atoms with E-state index in [1.165, 1.54) is 16.9 Å². The number of aromatic nitrogens is 3. The lowest BCUT2D eigenvalue weighted by Crippen LogP contribution is -2.56. The van der Waals surface area contributed by atoms with Gasteiger partial charge in [0.2, 0.25) is 12.4 Å². The Hall–Kier alpha value is -4.08. The van der Waals surface area contributed by atoms with Gasteiger partial charge >= 0.3 is 0 Å². The second-order valence-corrected chi connectivity index (χ2v) is 10.7. The van der Waals surface area contributed by atoms with Gasteiger partial charge < -0.3 is 24.6 Å². The Bertz CT molecular complexity index is 1330. The average Bonchev–Trinajstić information content (AvgIpc) is 2.98. The number of nitrogens with one attached hydrogen (secondary N) is 1. The summed E-state index contributed by atoms with van der Waals surface area (Å²) in [5, 5.41) is 13.0. The first kappa shape index (κ1) is 27.1. The van der Waals surface area contributed by atoms with Gasteiger partial charge in [-0.1, -0.05) is 6.08 Å². The zero-order valence-electron chi connectivity index (χ0n) is 22.7. The molecule has 3 fully saturated rings. The van der Waals surface area contributed by atoms with Gasteiger partial charge in [0.05, 0.1) is 31.9 Å². The van der Waals surface area contributed by atoms with Crippen LogP contribution in [0.3, 0.4) is 0 Å². The third kappa shape index (κ3) is 6.16. The summed E-state index contributed by atoms with van der Waals surface area (Å²) in [5.41, 5.74) is 2.81. The highest BCUT2D eigenvalue weighted by molar-refractivity contribution is 5.66. The average molecular weight is 561 g/mol. The highest BCUT2D eigenvalue weighted by Crippen LogP contribution is 2.33. The fourth-order valence-electron chi connectivity index (χ4n) is 5.57. The van der Waals surface area contributed by atoms with Crippen LogP contribution in [0.2, 0.25) is 0 Å². The number of hydrogen-bond acceptors (Lipinski definition) is 10. The van der Waals surface area contributed by atoms with Gasteiger partial charge in [0.1, 0.15) is 24.1 Å². The predicted molar refractivity (Wildman–Crippen MR) is 150 cm³/mol. The molecule has 1 amide bonds. The Morgan fingerprint density at radius 3 is 2.59 bits per heavy atom. The number of rotatable bonds is 8. The van der Waals surface area contributed by atoms with Crippen molar-refractivity contribution in [2.75, 3.05) is 62.7 Å². The molecule has 4 aliphatic rings. The first-order chi connectivity index (χ1) is 20.1. The molecule has 214 valence electrons. The van der Waals surface area contributed by atoms with Gasteiger partial charge in [-0.05, 0) is 42.3 Å². The molecule has 3 atom stereocenters. The Kier molecular flexibility index (Phi) is 8.07. The lowest BCUT2D eigenvalue weighted by molar-refractivity contribution is -0.122. The van der Waals surface area contributed by atoms with E-state index in [1.54, 1.807) is 6.08 Å². The maximum Gasteiger partial charge on any atom is 0.230 e. The Morgan fingerprint density at radius 1 is 1.10 bits per heavy atom. The summed E-state index contributed by atoms with van der Waals surface area (Å²) >= 11 is 0. The van der Waals surface area contributed by atoms with E-state index in [1.807, 2.05) is 18.2 Å². The summed E-state index contributed by atoms with van der Waals surface area (Å²) in [6, 6.07) is 11.1. The zero-order valence-corrected chi connectivity index (χ0v) is 22.7. The lowest BCUT2D eigenvalue weighted by Gasteiger charge is -2.43. The van der Waals surface area contributed by atoms with Gasteiger partial charge in [-0.3, -0.25) is 9.69 Å². The van der Waals surface area contributed by atoms with Gasteiger partial charge in [0.25, 0.3) is 0 Å². The number of amides is 1. The number of allylic oxidation sites excluding steroid dienone is 4. The van der Waals surface area contributed by atoms with E-state index in [0.717, 1.165) is 50.7 Å². The van der Waals surface area contributed by atoms with Crippen LogP contribution in [-0.2, 0) is 14.3 Å². The minimum atomic E-state index is -1.30. The molecular weight excluding hydrogens is 527 g/mol. The van der Waals surface area contributed by atoms with E-state index in [-0.39, 0.29) is 6.54 Å². The molecule has 0 radical (unpaired) electrons. The molecule has 3 saturated heterocycles. The molecule has 1 N–H and O–H groups in total. The number of nitriles is 1. The Morgan fingerprint density at radius 2 is 1.90 bits per heavy atom. The molecule has 41 heavy (non-hydrogen) atoms. The van der Waals surface area contributed by atoms with Gasteiger partial charge in [-0.2, -0.15) is 10.2 Å². The topological polar surface area (TPSA) is 120 Å². The molecule has 6 rings (SSSR count). The van der Waals surface area contributed by atoms with Gasteiger partial charge in [0.15, 0.2) is 12.0 Å². The molecule has 12 heteroatoms. The fraction of sp³-hybridized carbons (Fsp3) is 0.483. The smallest absolute Gasteiger partial charge is 0.230 e. The van der Waals surface area contributed by atoms with Crippen molar-refractivity contribution in [2.24, 2.45) is 5.92 Å². The molecular formula is C29H33FN8O3. The minimum absolute atomic E-state index is 0.00329. The number of ether oxygens (including phenoxy) is 2. The van der Waals surface area contributed by atoms with Gasteiger partial charge in [-0.15, -0.1) is 0 Å². The number of carbonyl (C=O) groups is 1. The van der Waals surface area contributed by atoms with Crippen molar-refractivity contribution >= 4 is 29.3 Å². The van der Waals surface area contributed by atoms with Crippen LogP contribution in [0.5, 0.6) is 0 Å². The number of piperazine rings is 1. The summed E-state index contributed by atoms with van der Waals surface area (Å²) < 4.78 is 25.8. The van der Waals surface area contributed by atoms with Crippen molar-refractivity contribution in [1.82, 2.24) is 24.8 Å². The number of alkyl halides is 1. The maximum atomic E-state index is 14.5. The first-order valence-corrected chi connectivity index (χ1v) is 14.0. The fourth-order valence-corrected chi connectivity index (χ4v) is 5.57. The quantitative estimate of drug-likeness (QED) is 0.483. The number of halogens is 1. The molecule has 1 aromatic heterocycles. The molecule has 1 unspecified atom stereocenters. The third-order valence-corrected chi connectivity index (χ3v) is 8.12. The van der Waals surface area contributed by atoms with E-state index < -0.39 is 18.2 Å². The van der Waals surface area contributed by atoms with Gasteiger partial charge in [-0.25, -0.2) is 14.4 Å². The van der Waals surface area contributed by atoms with Crippen molar-refractivity contribution in [3.05, 3.63) is 54.3 Å². The second kappa shape index (κ2) is 12.2. The predicted octanol–water partition coefficient (Wildman–Crippen LogP) is 2.53. The first-order valence-electron chi connectivity index (χ1n) is 14.0. The summed E-state index contributed by atoms with van der Waals surface area (Å²) in [6.07, 6.45) is 4.33. The second-order valence-electron chi connectivity index (χ2n) is 10.7. The third-order valence-electron chi connectivity index (χ3n) is 8.12. The number of carbonyl (C=O) groups excluding carboxylic acids is 1. The van der Waals surface area contributed by atoms with Gasteiger partial charge in [0, 0.05) is 50.5 Å². The van der Waals surface area contributed by atoms with Crippen LogP contribution in [0, 0.1) is 17.2 Å². The van der Waals surface area contributed by atoms with Crippen molar-refractivity contribution in [2.45, 2.75) is 31.2 Å². The number of nitrogens with zero attached hydrogens (tertiary/aromatic N) is 7. The van der Waals surface area contributed by atoms with Crippen LogP contribution >= 0.6 is 0 Å². The van der Waals surface area contributed by atoms with Crippen LogP contribution in [-0.4, -0.2) is 102 Å². The molecule has 0 spiro atoms. The summed E-state index contributed by atoms with van der Waals surface area (Å²) in [7, 11) is 0. The van der Waals surface area contributed by atoms with Crippen molar-refractivity contribution in [3.8, 4) is 6.07 Å². The normalized spacial score (nSPS) is 25.4. The SMILES string of the molecule is N#CC1CC(c2ncnc(Nc3ccc(N4CCN(C5COC5)CC4)cc3)n2)=CC=C1O[C@H]1CCN(C=O)C[C@H]1F. The molecule has 0 bridgehead atoms. The molecule has 0 saturated carbocycles. The summed E-state index contributed by atoms with van der Waals surface area (Å²) in [4.78, 5) is 30.4.